The second kappa shape index (κ2) is 10.9. The molecule has 1 N–H and O–H groups in total. The van der Waals surface area contributed by atoms with Crippen molar-refractivity contribution in [1.82, 2.24) is 10.2 Å². The number of hydrogen-bond donors (Lipinski definition) is 1. The summed E-state index contributed by atoms with van der Waals surface area (Å²) in [6.45, 7) is 1.12. The Kier molecular flexibility index (Phi) is 7.69. The fraction of sp³-hybridized carbons (Fsp3) is 0.259. The third kappa shape index (κ3) is 6.37. The molecule has 3 aromatic rings. The fourth-order valence-electron chi connectivity index (χ4n) is 4.29. The zero-order valence-electron chi connectivity index (χ0n) is 18.2. The average Bonchev–Trinajstić information content (AvgIpc) is 3.19. The molecule has 0 bridgehead atoms. The minimum absolute atomic E-state index is 0.0226. The standard InChI is InChI=1S/C27H26Cl2N2O2/c28-24-10-6-19(7-11-24)14-22(21-8-12-25(29)13-9-21)16-30-26(32)18-31-17-23(15-27(31)33)20-4-2-1-3-5-20/h1-13,22-23H,14-18H2,(H,30,32)/t22-,23?/m0/s1. The van der Waals surface area contributed by atoms with Crippen molar-refractivity contribution in [1.29, 1.82) is 0 Å². The summed E-state index contributed by atoms with van der Waals surface area (Å²) in [7, 11) is 0. The molecule has 1 heterocycles. The Hall–Kier alpha value is -2.82. The van der Waals surface area contributed by atoms with Crippen LogP contribution in [0.25, 0.3) is 0 Å². The van der Waals surface area contributed by atoms with Gasteiger partial charge in [-0.15, -0.1) is 0 Å². The fourth-order valence-corrected chi connectivity index (χ4v) is 4.54. The van der Waals surface area contributed by atoms with Crippen molar-refractivity contribution >= 4 is 35.0 Å². The smallest absolute Gasteiger partial charge is 0.239 e. The normalized spacial score (nSPS) is 16.6. The molecule has 0 radical (unpaired) electrons. The van der Waals surface area contributed by atoms with Crippen LogP contribution in [0.3, 0.4) is 0 Å². The molecule has 0 aliphatic carbocycles. The molecule has 1 fully saturated rings. The number of nitrogens with zero attached hydrogens (tertiary/aromatic N) is 1. The van der Waals surface area contributed by atoms with Gasteiger partial charge in [-0.3, -0.25) is 9.59 Å². The van der Waals surface area contributed by atoms with Gasteiger partial charge in [-0.05, 0) is 47.4 Å². The van der Waals surface area contributed by atoms with Gasteiger partial charge in [-0.2, -0.15) is 0 Å². The van der Waals surface area contributed by atoms with E-state index >= 15 is 0 Å². The van der Waals surface area contributed by atoms with Crippen LogP contribution in [0.2, 0.25) is 10.0 Å². The number of rotatable bonds is 8. The van der Waals surface area contributed by atoms with E-state index in [2.05, 4.69) is 5.32 Å². The van der Waals surface area contributed by atoms with Crippen LogP contribution in [-0.4, -0.2) is 36.3 Å². The molecular weight excluding hydrogens is 455 g/mol. The van der Waals surface area contributed by atoms with Crippen molar-refractivity contribution in [3.8, 4) is 0 Å². The highest BCUT2D eigenvalue weighted by atomic mass is 35.5. The average molecular weight is 481 g/mol. The lowest BCUT2D eigenvalue weighted by molar-refractivity contribution is -0.133. The van der Waals surface area contributed by atoms with Gasteiger partial charge >= 0.3 is 0 Å². The minimum Gasteiger partial charge on any atom is -0.354 e. The van der Waals surface area contributed by atoms with E-state index in [-0.39, 0.29) is 30.2 Å². The summed E-state index contributed by atoms with van der Waals surface area (Å²) < 4.78 is 0. The number of hydrogen-bond acceptors (Lipinski definition) is 2. The van der Waals surface area contributed by atoms with Crippen LogP contribution >= 0.6 is 23.2 Å². The lowest BCUT2D eigenvalue weighted by Gasteiger charge is -2.21. The minimum atomic E-state index is -0.146. The van der Waals surface area contributed by atoms with Crippen molar-refractivity contribution in [3.05, 3.63) is 106 Å². The monoisotopic (exact) mass is 480 g/mol. The molecule has 4 nitrogen and oxygen atoms in total. The van der Waals surface area contributed by atoms with Crippen molar-refractivity contribution in [2.24, 2.45) is 0 Å². The maximum atomic E-state index is 12.7. The highest BCUT2D eigenvalue weighted by Crippen LogP contribution is 2.28. The van der Waals surface area contributed by atoms with Crippen LogP contribution < -0.4 is 5.32 Å². The van der Waals surface area contributed by atoms with E-state index in [0.717, 1.165) is 23.1 Å². The molecule has 3 aromatic carbocycles. The molecule has 1 aliphatic rings. The Bertz CT molecular complexity index is 1090. The molecule has 0 saturated carbocycles. The summed E-state index contributed by atoms with van der Waals surface area (Å²) in [4.78, 5) is 26.9. The summed E-state index contributed by atoms with van der Waals surface area (Å²) in [5.74, 6) is 0.0820. The highest BCUT2D eigenvalue weighted by Gasteiger charge is 2.31. The first-order valence-electron chi connectivity index (χ1n) is 11.1. The second-order valence-corrected chi connectivity index (χ2v) is 9.34. The first-order valence-corrected chi connectivity index (χ1v) is 11.8. The third-order valence-corrected chi connectivity index (χ3v) is 6.61. The van der Waals surface area contributed by atoms with Gasteiger partial charge in [0.15, 0.2) is 0 Å². The zero-order chi connectivity index (χ0) is 23.2. The maximum Gasteiger partial charge on any atom is 0.239 e. The van der Waals surface area contributed by atoms with Gasteiger partial charge in [0, 0.05) is 41.4 Å². The maximum absolute atomic E-state index is 12.7. The lowest BCUT2D eigenvalue weighted by atomic mass is 9.92. The predicted molar refractivity (Wildman–Crippen MR) is 133 cm³/mol. The third-order valence-electron chi connectivity index (χ3n) is 6.10. The number of nitrogens with one attached hydrogen (secondary N) is 1. The first-order chi connectivity index (χ1) is 16.0. The van der Waals surface area contributed by atoms with Gasteiger partial charge in [0.2, 0.25) is 11.8 Å². The van der Waals surface area contributed by atoms with Gasteiger partial charge in [-0.1, -0.05) is 77.8 Å². The Morgan fingerprint density at radius 3 is 2.24 bits per heavy atom. The summed E-state index contributed by atoms with van der Waals surface area (Å²) in [5, 5.41) is 4.41. The van der Waals surface area contributed by atoms with Crippen LogP contribution in [0.15, 0.2) is 78.9 Å². The summed E-state index contributed by atoms with van der Waals surface area (Å²) >= 11 is 12.1. The van der Waals surface area contributed by atoms with E-state index < -0.39 is 0 Å². The number of likely N-dealkylation sites (tertiary alicyclic amines) is 1. The number of benzene rings is 3. The van der Waals surface area contributed by atoms with Gasteiger partial charge in [-0.25, -0.2) is 0 Å². The Morgan fingerprint density at radius 2 is 1.58 bits per heavy atom. The second-order valence-electron chi connectivity index (χ2n) is 8.47. The van der Waals surface area contributed by atoms with E-state index in [4.69, 9.17) is 23.2 Å². The molecule has 0 aromatic heterocycles. The molecule has 1 unspecified atom stereocenters. The Balaban J connectivity index is 1.37. The van der Waals surface area contributed by atoms with Crippen LogP contribution in [0, 0.1) is 0 Å². The molecule has 1 saturated heterocycles. The summed E-state index contributed by atoms with van der Waals surface area (Å²) in [5.41, 5.74) is 3.37. The molecular formula is C27H26Cl2N2O2. The van der Waals surface area contributed by atoms with E-state index in [1.807, 2.05) is 78.9 Å². The van der Waals surface area contributed by atoms with E-state index in [9.17, 15) is 9.59 Å². The molecule has 33 heavy (non-hydrogen) atoms. The van der Waals surface area contributed by atoms with Crippen molar-refractivity contribution < 1.29 is 9.59 Å². The van der Waals surface area contributed by atoms with Gasteiger partial charge in [0.1, 0.15) is 0 Å². The summed E-state index contributed by atoms with van der Waals surface area (Å²) in [6.07, 6.45) is 1.19. The van der Waals surface area contributed by atoms with E-state index in [1.54, 1.807) is 4.90 Å². The van der Waals surface area contributed by atoms with Crippen LogP contribution in [0.5, 0.6) is 0 Å². The quantitative estimate of drug-likeness (QED) is 0.465. The topological polar surface area (TPSA) is 49.4 Å². The molecule has 2 amide bonds. The first kappa shape index (κ1) is 23.3. The zero-order valence-corrected chi connectivity index (χ0v) is 19.7. The number of halogens is 2. The summed E-state index contributed by atoms with van der Waals surface area (Å²) in [6, 6.07) is 25.4. The van der Waals surface area contributed by atoms with Crippen LogP contribution in [-0.2, 0) is 16.0 Å². The van der Waals surface area contributed by atoms with Crippen molar-refractivity contribution in [2.75, 3.05) is 19.6 Å². The molecule has 1 aliphatic heterocycles. The van der Waals surface area contributed by atoms with Crippen LogP contribution in [0.1, 0.15) is 34.9 Å². The van der Waals surface area contributed by atoms with E-state index in [0.29, 0.717) is 29.6 Å². The van der Waals surface area contributed by atoms with Gasteiger partial charge in [0.25, 0.3) is 0 Å². The van der Waals surface area contributed by atoms with Crippen molar-refractivity contribution in [2.45, 2.75) is 24.7 Å². The number of amides is 2. The van der Waals surface area contributed by atoms with Gasteiger partial charge in [0.05, 0.1) is 6.54 Å². The molecule has 4 rings (SSSR count). The van der Waals surface area contributed by atoms with Crippen molar-refractivity contribution in [3.63, 3.8) is 0 Å². The SMILES string of the molecule is O=C(CN1CC(c2ccccc2)CC1=O)NC[C@H](Cc1ccc(Cl)cc1)c1ccc(Cl)cc1. The molecule has 170 valence electrons. The molecule has 2 atom stereocenters. The Morgan fingerprint density at radius 1 is 0.939 bits per heavy atom. The van der Waals surface area contributed by atoms with Gasteiger partial charge < -0.3 is 10.2 Å². The van der Waals surface area contributed by atoms with E-state index in [1.165, 1.54) is 0 Å². The number of carbonyl (C=O) groups excluding carboxylic acids is 2. The largest absolute Gasteiger partial charge is 0.354 e. The van der Waals surface area contributed by atoms with Crippen LogP contribution in [0.4, 0.5) is 0 Å². The highest BCUT2D eigenvalue weighted by molar-refractivity contribution is 6.30. The molecule has 6 heteroatoms. The molecule has 0 spiro atoms. The Labute approximate surface area is 204 Å². The lowest BCUT2D eigenvalue weighted by Crippen LogP contribution is -2.39. The predicted octanol–water partition coefficient (Wildman–Crippen LogP) is 5.45. The number of carbonyl (C=O) groups is 2.